The van der Waals surface area contributed by atoms with Crippen molar-refractivity contribution in [1.29, 1.82) is 5.26 Å². The van der Waals surface area contributed by atoms with Gasteiger partial charge in [0.05, 0.1) is 17.3 Å². The Kier molecular flexibility index (Phi) is 5.11. The molecular weight excluding hydrogens is 292 g/mol. The molecule has 0 aliphatic heterocycles. The SMILES string of the molecule is C[C@H]1[C@H](/C=C/c2ccc(-c3ccccc3C#N)cn2)[CH][CH]C[C@@H]1C. The van der Waals surface area contributed by atoms with Crippen LogP contribution in [0.3, 0.4) is 0 Å². The average molecular weight is 314 g/mol. The molecule has 0 saturated heterocycles. The van der Waals surface area contributed by atoms with Crippen molar-refractivity contribution in [3.63, 3.8) is 0 Å². The fraction of sp³-hybridized carbons (Fsp3) is 0.273. The molecule has 1 fully saturated rings. The molecule has 0 spiro atoms. The quantitative estimate of drug-likeness (QED) is 0.767. The first-order valence-corrected chi connectivity index (χ1v) is 8.49. The van der Waals surface area contributed by atoms with Gasteiger partial charge in [-0.05, 0) is 55.2 Å². The zero-order valence-electron chi connectivity index (χ0n) is 14.2. The lowest BCUT2D eigenvalue weighted by Crippen LogP contribution is -2.23. The third-order valence-electron chi connectivity index (χ3n) is 5.00. The van der Waals surface area contributed by atoms with E-state index in [2.05, 4.69) is 49.9 Å². The minimum Gasteiger partial charge on any atom is -0.256 e. The minimum absolute atomic E-state index is 0.481. The van der Waals surface area contributed by atoms with Gasteiger partial charge in [-0.25, -0.2) is 0 Å². The van der Waals surface area contributed by atoms with Gasteiger partial charge in [0.2, 0.25) is 0 Å². The monoisotopic (exact) mass is 314 g/mol. The van der Waals surface area contributed by atoms with Crippen LogP contribution in [0.2, 0.25) is 0 Å². The molecule has 0 bridgehead atoms. The minimum atomic E-state index is 0.481. The summed E-state index contributed by atoms with van der Waals surface area (Å²) in [5.41, 5.74) is 3.54. The molecule has 1 aromatic heterocycles. The summed E-state index contributed by atoms with van der Waals surface area (Å²) >= 11 is 0. The summed E-state index contributed by atoms with van der Waals surface area (Å²) in [4.78, 5) is 4.54. The van der Waals surface area contributed by atoms with E-state index >= 15 is 0 Å². The first-order valence-electron chi connectivity index (χ1n) is 8.49. The lowest BCUT2D eigenvalue weighted by atomic mass is 9.74. The lowest BCUT2D eigenvalue weighted by Gasteiger charge is -2.31. The molecule has 1 aromatic carbocycles. The summed E-state index contributed by atoms with van der Waals surface area (Å²) in [6.07, 6.45) is 12.0. The number of hydrogen-bond acceptors (Lipinski definition) is 2. The van der Waals surface area contributed by atoms with Crippen molar-refractivity contribution in [1.82, 2.24) is 4.98 Å². The summed E-state index contributed by atoms with van der Waals surface area (Å²) in [5.74, 6) is 1.87. The van der Waals surface area contributed by atoms with E-state index < -0.39 is 0 Å². The molecule has 2 heteroatoms. The summed E-state index contributed by atoms with van der Waals surface area (Å²) in [7, 11) is 0. The van der Waals surface area contributed by atoms with Gasteiger partial charge in [0.25, 0.3) is 0 Å². The summed E-state index contributed by atoms with van der Waals surface area (Å²) < 4.78 is 0. The fourth-order valence-corrected chi connectivity index (χ4v) is 3.16. The smallest absolute Gasteiger partial charge is 0.0998 e. The average Bonchev–Trinajstić information content (AvgIpc) is 2.63. The first kappa shape index (κ1) is 16.5. The topological polar surface area (TPSA) is 36.7 Å². The molecule has 1 aliphatic rings. The Bertz CT molecular complexity index is 752. The molecule has 3 atom stereocenters. The number of benzene rings is 1. The molecule has 3 rings (SSSR count). The number of rotatable bonds is 3. The maximum atomic E-state index is 9.22. The zero-order valence-corrected chi connectivity index (χ0v) is 14.2. The standard InChI is InChI=1S/C22H22N2/c1-16-6-5-8-18(17(16)2)10-12-21-13-11-20(15-24-21)22-9-4-3-7-19(22)14-23/h3-5,7-13,15-18H,6H2,1-2H3/b12-10+/t16-,17+,18-/m0/s1. The van der Waals surface area contributed by atoms with Crippen LogP contribution >= 0.6 is 0 Å². The Morgan fingerprint density at radius 3 is 2.75 bits per heavy atom. The second kappa shape index (κ2) is 7.45. The van der Waals surface area contributed by atoms with Crippen molar-refractivity contribution in [3.05, 3.63) is 72.8 Å². The number of nitrogens with zero attached hydrogens (tertiary/aromatic N) is 2. The van der Waals surface area contributed by atoms with Gasteiger partial charge in [-0.2, -0.15) is 5.26 Å². The van der Waals surface area contributed by atoms with Crippen molar-refractivity contribution < 1.29 is 0 Å². The molecule has 0 amide bonds. The van der Waals surface area contributed by atoms with Crippen LogP contribution in [0.25, 0.3) is 17.2 Å². The maximum Gasteiger partial charge on any atom is 0.0998 e. The van der Waals surface area contributed by atoms with Gasteiger partial charge in [0.15, 0.2) is 0 Å². The molecule has 1 aliphatic carbocycles. The van der Waals surface area contributed by atoms with Gasteiger partial charge in [-0.3, -0.25) is 4.98 Å². The van der Waals surface area contributed by atoms with Gasteiger partial charge in [-0.1, -0.05) is 44.2 Å². The van der Waals surface area contributed by atoms with Crippen molar-refractivity contribution >= 4 is 6.08 Å². The molecule has 1 heterocycles. The number of aromatic nitrogens is 1. The second-order valence-electron chi connectivity index (χ2n) is 6.57. The number of allylic oxidation sites excluding steroid dienone is 1. The van der Waals surface area contributed by atoms with Crippen LogP contribution in [0.4, 0.5) is 0 Å². The van der Waals surface area contributed by atoms with Gasteiger partial charge in [0.1, 0.15) is 0 Å². The van der Waals surface area contributed by atoms with E-state index in [1.165, 1.54) is 6.42 Å². The predicted octanol–water partition coefficient (Wildman–Crippen LogP) is 5.33. The second-order valence-corrected chi connectivity index (χ2v) is 6.57. The number of hydrogen-bond donors (Lipinski definition) is 0. The maximum absolute atomic E-state index is 9.22. The lowest BCUT2D eigenvalue weighted by molar-refractivity contribution is 0.299. The summed E-state index contributed by atoms with van der Waals surface area (Å²) in [6.45, 7) is 4.63. The van der Waals surface area contributed by atoms with E-state index in [1.54, 1.807) is 0 Å². The van der Waals surface area contributed by atoms with E-state index in [0.717, 1.165) is 22.7 Å². The highest BCUT2D eigenvalue weighted by molar-refractivity contribution is 5.70. The van der Waals surface area contributed by atoms with Crippen LogP contribution in [0, 0.1) is 41.9 Å². The Hall–Kier alpha value is -2.40. The van der Waals surface area contributed by atoms with Gasteiger partial charge >= 0.3 is 0 Å². The van der Waals surface area contributed by atoms with Gasteiger partial charge in [0, 0.05) is 17.3 Å². The van der Waals surface area contributed by atoms with Crippen LogP contribution in [0.15, 0.2) is 48.7 Å². The van der Waals surface area contributed by atoms with Crippen molar-refractivity contribution in [2.24, 2.45) is 17.8 Å². The Morgan fingerprint density at radius 2 is 2.00 bits per heavy atom. The highest BCUT2D eigenvalue weighted by Crippen LogP contribution is 2.34. The highest BCUT2D eigenvalue weighted by atomic mass is 14.7. The largest absolute Gasteiger partial charge is 0.256 e. The van der Waals surface area contributed by atoms with Crippen molar-refractivity contribution in [3.8, 4) is 17.2 Å². The highest BCUT2D eigenvalue weighted by Gasteiger charge is 2.25. The molecule has 0 N–H and O–H groups in total. The van der Waals surface area contributed by atoms with Crippen molar-refractivity contribution in [2.75, 3.05) is 0 Å². The van der Waals surface area contributed by atoms with Crippen LogP contribution in [0.1, 0.15) is 31.5 Å². The van der Waals surface area contributed by atoms with Crippen LogP contribution < -0.4 is 0 Å². The molecule has 24 heavy (non-hydrogen) atoms. The first-order chi connectivity index (χ1) is 11.7. The molecule has 2 radical (unpaired) electrons. The summed E-state index contributed by atoms with van der Waals surface area (Å²) in [5, 5.41) is 9.22. The molecular formula is C22H22N2. The fourth-order valence-electron chi connectivity index (χ4n) is 3.16. The van der Waals surface area contributed by atoms with Crippen molar-refractivity contribution in [2.45, 2.75) is 20.3 Å². The van der Waals surface area contributed by atoms with Crippen LogP contribution in [0.5, 0.6) is 0 Å². The Labute approximate surface area is 144 Å². The number of nitriles is 1. The third kappa shape index (κ3) is 3.57. The molecule has 2 aromatic rings. The molecule has 120 valence electrons. The van der Waals surface area contributed by atoms with Gasteiger partial charge in [-0.15, -0.1) is 0 Å². The molecule has 1 saturated carbocycles. The Balaban J connectivity index is 1.75. The third-order valence-corrected chi connectivity index (χ3v) is 5.00. The van der Waals surface area contributed by atoms with Crippen LogP contribution in [-0.2, 0) is 0 Å². The van der Waals surface area contributed by atoms with E-state index in [1.807, 2.05) is 42.6 Å². The van der Waals surface area contributed by atoms with E-state index in [4.69, 9.17) is 0 Å². The van der Waals surface area contributed by atoms with E-state index in [-0.39, 0.29) is 0 Å². The van der Waals surface area contributed by atoms with E-state index in [9.17, 15) is 5.26 Å². The number of pyridine rings is 1. The Morgan fingerprint density at radius 1 is 1.17 bits per heavy atom. The molecule has 0 unspecified atom stereocenters. The van der Waals surface area contributed by atoms with Crippen LogP contribution in [-0.4, -0.2) is 4.98 Å². The van der Waals surface area contributed by atoms with Gasteiger partial charge < -0.3 is 0 Å². The normalized spacial score (nSPS) is 24.0. The molecule has 2 nitrogen and oxygen atoms in total. The summed E-state index contributed by atoms with van der Waals surface area (Å²) in [6, 6.07) is 13.9. The van der Waals surface area contributed by atoms with E-state index in [0.29, 0.717) is 17.4 Å². The zero-order chi connectivity index (χ0) is 16.9. The predicted molar refractivity (Wildman–Crippen MR) is 98.5 cm³/mol.